The summed E-state index contributed by atoms with van der Waals surface area (Å²) in [6, 6.07) is -0.492. The lowest BCUT2D eigenvalue weighted by Gasteiger charge is -2.20. The van der Waals surface area contributed by atoms with E-state index >= 15 is 0 Å². The summed E-state index contributed by atoms with van der Waals surface area (Å²) in [7, 11) is 0. The molecule has 0 bridgehead atoms. The van der Waals surface area contributed by atoms with E-state index in [0.29, 0.717) is 26.1 Å². The van der Waals surface area contributed by atoms with Crippen LogP contribution in [0.2, 0.25) is 0 Å². The van der Waals surface area contributed by atoms with Gasteiger partial charge in [-0.15, -0.1) is 0 Å². The molecule has 51 heavy (non-hydrogen) atoms. The average molecular weight is 714 g/mol. The zero-order chi connectivity index (χ0) is 36.9. The molecule has 0 aromatic carbocycles. The summed E-state index contributed by atoms with van der Waals surface area (Å²) in [5.41, 5.74) is 11.9. The van der Waals surface area contributed by atoms with E-state index in [1.807, 2.05) is 4.90 Å². The lowest BCUT2D eigenvalue weighted by Crippen LogP contribution is -2.43. The van der Waals surface area contributed by atoms with Crippen LogP contribution in [0, 0.1) is 0 Å². The standard InChI is InChI=1S/C45H83N3O3/c1-3-5-7-9-11-13-15-17-19-21-23-25-27-29-31-33-38-50-43-40-48(45(49)42(47)36-35-37-46)41-44(43)51-39-34-32-30-28-26-24-22-20-18-16-14-12-10-8-6-4-2/h11-14,17-20,42-44H,3-10,15-16,21-41,46-47H2,1-2H3/t42-,43+,44?/m0/s1. The summed E-state index contributed by atoms with van der Waals surface area (Å²) in [6.07, 6.45) is 49.5. The Labute approximate surface area is 316 Å². The summed E-state index contributed by atoms with van der Waals surface area (Å²) in [6.45, 7) is 7.67. The Bertz CT molecular complexity index is 828. The third-order valence-corrected chi connectivity index (χ3v) is 9.92. The van der Waals surface area contributed by atoms with Crippen molar-refractivity contribution in [2.75, 3.05) is 32.8 Å². The number of nitrogens with two attached hydrogens (primary N) is 2. The predicted molar refractivity (Wildman–Crippen MR) is 221 cm³/mol. The highest BCUT2D eigenvalue weighted by molar-refractivity contribution is 5.82. The maximum atomic E-state index is 13.0. The van der Waals surface area contributed by atoms with Gasteiger partial charge in [0.1, 0.15) is 12.2 Å². The fourth-order valence-electron chi connectivity index (χ4n) is 6.59. The monoisotopic (exact) mass is 714 g/mol. The number of hydrogen-bond acceptors (Lipinski definition) is 5. The third-order valence-electron chi connectivity index (χ3n) is 9.92. The van der Waals surface area contributed by atoms with Crippen molar-refractivity contribution < 1.29 is 14.3 Å². The molecule has 0 radical (unpaired) electrons. The van der Waals surface area contributed by atoms with E-state index in [9.17, 15) is 4.79 Å². The zero-order valence-corrected chi connectivity index (χ0v) is 33.6. The molecule has 1 aliphatic heterocycles. The molecule has 3 atom stereocenters. The van der Waals surface area contributed by atoms with Crippen LogP contribution < -0.4 is 11.5 Å². The first-order chi connectivity index (χ1) is 25.1. The van der Waals surface area contributed by atoms with Crippen molar-refractivity contribution in [3.63, 3.8) is 0 Å². The van der Waals surface area contributed by atoms with Gasteiger partial charge in [-0.25, -0.2) is 0 Å². The molecular formula is C45H83N3O3. The number of amides is 1. The van der Waals surface area contributed by atoms with Crippen LogP contribution in [0.25, 0.3) is 0 Å². The highest BCUT2D eigenvalue weighted by Crippen LogP contribution is 2.20. The van der Waals surface area contributed by atoms with Gasteiger partial charge in [-0.2, -0.15) is 0 Å². The van der Waals surface area contributed by atoms with Crippen molar-refractivity contribution in [1.29, 1.82) is 0 Å². The molecule has 0 saturated carbocycles. The van der Waals surface area contributed by atoms with Crippen LogP contribution in [-0.4, -0.2) is 61.9 Å². The Hall–Kier alpha value is -1.73. The van der Waals surface area contributed by atoms with Gasteiger partial charge in [0, 0.05) is 26.3 Å². The summed E-state index contributed by atoms with van der Waals surface area (Å²) >= 11 is 0. The Morgan fingerprint density at radius 2 is 0.941 bits per heavy atom. The number of unbranched alkanes of at least 4 members (excludes halogenated alkanes) is 18. The molecule has 1 saturated heterocycles. The quantitative estimate of drug-likeness (QED) is 0.0498. The number of rotatable bonds is 36. The van der Waals surface area contributed by atoms with Gasteiger partial charge in [0.05, 0.1) is 6.04 Å². The molecule has 0 aliphatic carbocycles. The molecular weight excluding hydrogens is 631 g/mol. The molecule has 1 aliphatic rings. The Balaban J connectivity index is 2.21. The second-order valence-corrected chi connectivity index (χ2v) is 14.8. The Morgan fingerprint density at radius 3 is 1.33 bits per heavy atom. The fourth-order valence-corrected chi connectivity index (χ4v) is 6.59. The summed E-state index contributed by atoms with van der Waals surface area (Å²) in [5, 5.41) is 0. The lowest BCUT2D eigenvalue weighted by molar-refractivity contribution is -0.132. The largest absolute Gasteiger partial charge is 0.374 e. The van der Waals surface area contributed by atoms with Crippen LogP contribution in [-0.2, 0) is 14.3 Å². The Morgan fingerprint density at radius 1 is 0.569 bits per heavy atom. The van der Waals surface area contributed by atoms with E-state index in [1.54, 1.807) is 0 Å². The molecule has 296 valence electrons. The number of allylic oxidation sites excluding steroid dienone is 8. The van der Waals surface area contributed by atoms with E-state index in [-0.39, 0.29) is 18.1 Å². The van der Waals surface area contributed by atoms with Crippen molar-refractivity contribution in [1.82, 2.24) is 4.90 Å². The van der Waals surface area contributed by atoms with E-state index in [0.717, 1.165) is 45.3 Å². The highest BCUT2D eigenvalue weighted by Gasteiger charge is 2.38. The van der Waals surface area contributed by atoms with Gasteiger partial charge in [-0.1, -0.05) is 140 Å². The predicted octanol–water partition coefficient (Wildman–Crippen LogP) is 11.3. The molecule has 1 heterocycles. The van der Waals surface area contributed by atoms with Crippen molar-refractivity contribution >= 4 is 5.91 Å². The first kappa shape index (κ1) is 47.3. The van der Waals surface area contributed by atoms with Crippen LogP contribution >= 0.6 is 0 Å². The molecule has 1 amide bonds. The topological polar surface area (TPSA) is 90.8 Å². The van der Waals surface area contributed by atoms with Gasteiger partial charge in [0.25, 0.3) is 0 Å². The number of carbonyl (C=O) groups is 1. The van der Waals surface area contributed by atoms with Crippen molar-refractivity contribution in [2.24, 2.45) is 11.5 Å². The van der Waals surface area contributed by atoms with Gasteiger partial charge in [0.15, 0.2) is 0 Å². The van der Waals surface area contributed by atoms with Crippen LogP contribution in [0.3, 0.4) is 0 Å². The van der Waals surface area contributed by atoms with Crippen LogP contribution in [0.1, 0.15) is 181 Å². The normalized spacial score (nSPS) is 17.4. The van der Waals surface area contributed by atoms with E-state index in [2.05, 4.69) is 62.5 Å². The van der Waals surface area contributed by atoms with Gasteiger partial charge >= 0.3 is 0 Å². The number of likely N-dealkylation sites (tertiary alicyclic amines) is 1. The van der Waals surface area contributed by atoms with Crippen molar-refractivity contribution in [2.45, 2.75) is 199 Å². The zero-order valence-electron chi connectivity index (χ0n) is 33.6. The molecule has 0 aromatic heterocycles. The fraction of sp³-hybridized carbons (Fsp3) is 0.800. The van der Waals surface area contributed by atoms with Crippen LogP contribution in [0.15, 0.2) is 48.6 Å². The number of carbonyl (C=O) groups excluding carboxylic acids is 1. The lowest BCUT2D eigenvalue weighted by atomic mass is 10.1. The van der Waals surface area contributed by atoms with Crippen LogP contribution in [0.5, 0.6) is 0 Å². The maximum Gasteiger partial charge on any atom is 0.239 e. The minimum atomic E-state index is -0.492. The minimum Gasteiger partial charge on any atom is -0.374 e. The number of hydrogen-bond donors (Lipinski definition) is 2. The molecule has 0 spiro atoms. The summed E-state index contributed by atoms with van der Waals surface area (Å²) in [4.78, 5) is 14.9. The molecule has 1 rings (SSSR count). The average Bonchev–Trinajstić information content (AvgIpc) is 3.55. The highest BCUT2D eigenvalue weighted by atomic mass is 16.5. The first-order valence-electron chi connectivity index (χ1n) is 21.7. The molecule has 1 fully saturated rings. The molecule has 4 N–H and O–H groups in total. The second kappa shape index (κ2) is 36.6. The summed E-state index contributed by atoms with van der Waals surface area (Å²) < 4.78 is 12.7. The molecule has 0 aromatic rings. The second-order valence-electron chi connectivity index (χ2n) is 14.8. The van der Waals surface area contributed by atoms with Crippen molar-refractivity contribution in [3.05, 3.63) is 48.6 Å². The van der Waals surface area contributed by atoms with Crippen molar-refractivity contribution in [3.8, 4) is 0 Å². The van der Waals surface area contributed by atoms with Gasteiger partial charge in [-0.05, 0) is 96.4 Å². The number of ether oxygens (including phenoxy) is 2. The van der Waals surface area contributed by atoms with Gasteiger partial charge < -0.3 is 25.8 Å². The minimum absolute atomic E-state index is 0.00517. The maximum absolute atomic E-state index is 13.0. The van der Waals surface area contributed by atoms with Gasteiger partial charge in [0.2, 0.25) is 5.91 Å². The number of nitrogens with zero attached hydrogens (tertiary/aromatic N) is 1. The smallest absolute Gasteiger partial charge is 0.239 e. The molecule has 1 unspecified atom stereocenters. The van der Waals surface area contributed by atoms with E-state index < -0.39 is 6.04 Å². The van der Waals surface area contributed by atoms with E-state index in [4.69, 9.17) is 20.9 Å². The molecule has 6 heteroatoms. The molecule has 6 nitrogen and oxygen atoms in total. The SMILES string of the molecule is CCCCCC=CCC=CCCCCCCCCOC1CN(C(=O)[C@@H](N)CCCN)C[C@H]1OCCCCCCCCC=CCC=CCCCCC. The first-order valence-corrected chi connectivity index (χ1v) is 21.7. The third kappa shape index (κ3) is 28.4. The van der Waals surface area contributed by atoms with Crippen LogP contribution in [0.4, 0.5) is 0 Å². The summed E-state index contributed by atoms with van der Waals surface area (Å²) in [5.74, 6) is 0.00517. The Kier molecular flexibility index (Phi) is 34.0. The van der Waals surface area contributed by atoms with E-state index in [1.165, 1.54) is 128 Å². The van der Waals surface area contributed by atoms with Gasteiger partial charge in [-0.3, -0.25) is 4.79 Å².